The first-order chi connectivity index (χ1) is 8.73. The van der Waals surface area contributed by atoms with Crippen LogP contribution in [-0.2, 0) is 0 Å². The second-order valence-corrected chi connectivity index (χ2v) is 6.41. The third kappa shape index (κ3) is 2.69. The molecule has 0 aromatic carbocycles. The Balaban J connectivity index is 0.000000125. The smallest absolute Gasteiger partial charge is 0.0655 e. The topological polar surface area (TPSA) is 32.3 Å². The number of nitrogens with one attached hydrogen (secondary N) is 1. The van der Waals surface area contributed by atoms with E-state index in [-0.39, 0.29) is 5.60 Å². The molecule has 4 saturated carbocycles. The average molecular weight is 245 g/mol. The van der Waals surface area contributed by atoms with Crippen molar-refractivity contribution < 1.29 is 5.11 Å². The van der Waals surface area contributed by atoms with Gasteiger partial charge in [0.2, 0.25) is 0 Å². The molecule has 0 unspecified atom stereocenters. The van der Waals surface area contributed by atoms with E-state index < -0.39 is 0 Å². The first kappa shape index (κ1) is 12.0. The van der Waals surface area contributed by atoms with E-state index in [4.69, 9.17) is 0 Å². The van der Waals surface area contributed by atoms with Gasteiger partial charge in [-0.15, -0.1) is 0 Å². The van der Waals surface area contributed by atoms with Crippen LogP contribution in [0.5, 0.6) is 0 Å². The molecule has 0 amide bonds. The summed E-state index contributed by atoms with van der Waals surface area (Å²) in [5.41, 5.74) is -0.200. The van der Waals surface area contributed by atoms with E-state index in [2.05, 4.69) is 5.32 Å². The zero-order chi connectivity index (χ0) is 12.4. The summed E-state index contributed by atoms with van der Waals surface area (Å²) in [6, 6.07) is 0. The Bertz CT molecular complexity index is 331. The van der Waals surface area contributed by atoms with Crippen molar-refractivity contribution in [2.24, 2.45) is 17.8 Å². The Morgan fingerprint density at radius 2 is 1.22 bits per heavy atom. The summed E-state index contributed by atoms with van der Waals surface area (Å²) in [5, 5.41) is 13.0. The number of hydrogen-bond acceptors (Lipinski definition) is 2. The molecule has 0 atom stereocenters. The lowest BCUT2D eigenvalue weighted by Gasteiger charge is -2.54. The molecule has 2 N–H and O–H groups in total. The maximum atomic E-state index is 10.1. The van der Waals surface area contributed by atoms with Crippen LogP contribution in [0.1, 0.15) is 38.5 Å². The molecule has 0 radical (unpaired) electrons. The molecule has 0 spiro atoms. The minimum atomic E-state index is -0.200. The van der Waals surface area contributed by atoms with Gasteiger partial charge in [0.15, 0.2) is 0 Å². The van der Waals surface area contributed by atoms with Crippen LogP contribution in [0.2, 0.25) is 0 Å². The zero-order valence-electron chi connectivity index (χ0n) is 10.9. The van der Waals surface area contributed by atoms with Crippen LogP contribution in [-0.4, -0.2) is 10.7 Å². The van der Waals surface area contributed by atoms with Crippen molar-refractivity contribution in [3.8, 4) is 0 Å². The van der Waals surface area contributed by atoms with Crippen LogP contribution < -0.4 is 5.32 Å². The highest BCUT2D eigenvalue weighted by molar-refractivity contribution is 5.14. The largest absolute Gasteiger partial charge is 0.390 e. The van der Waals surface area contributed by atoms with Crippen LogP contribution in [0, 0.1) is 17.8 Å². The first-order valence-electron chi connectivity index (χ1n) is 7.20. The molecule has 4 aliphatic carbocycles. The van der Waals surface area contributed by atoms with Crippen LogP contribution in [0.25, 0.3) is 0 Å². The molecule has 18 heavy (non-hydrogen) atoms. The van der Waals surface area contributed by atoms with Gasteiger partial charge in [-0.3, -0.25) is 0 Å². The molecule has 0 aromatic heterocycles. The summed E-state index contributed by atoms with van der Waals surface area (Å²) in [6.45, 7) is 0. The van der Waals surface area contributed by atoms with Gasteiger partial charge >= 0.3 is 0 Å². The number of hydrogen-bond donors (Lipinski definition) is 2. The fraction of sp³-hybridized carbons (Fsp3) is 0.625. The fourth-order valence-electron chi connectivity index (χ4n) is 4.47. The van der Waals surface area contributed by atoms with Crippen LogP contribution >= 0.6 is 0 Å². The quantitative estimate of drug-likeness (QED) is 0.687. The highest BCUT2D eigenvalue weighted by Gasteiger charge is 2.49. The highest BCUT2D eigenvalue weighted by Crippen LogP contribution is 2.55. The number of rotatable bonds is 0. The highest BCUT2D eigenvalue weighted by atomic mass is 16.3. The van der Waals surface area contributed by atoms with E-state index in [0.717, 1.165) is 37.0 Å². The van der Waals surface area contributed by atoms with E-state index in [1.54, 1.807) is 0 Å². The Morgan fingerprint density at radius 3 is 1.61 bits per heavy atom. The number of aliphatic hydroxyl groups is 1. The fourth-order valence-corrected chi connectivity index (χ4v) is 4.47. The lowest BCUT2D eigenvalue weighted by Crippen LogP contribution is -2.50. The Morgan fingerprint density at radius 1 is 0.778 bits per heavy atom. The van der Waals surface area contributed by atoms with Crippen molar-refractivity contribution in [2.75, 3.05) is 0 Å². The molecule has 1 aliphatic heterocycles. The predicted octanol–water partition coefficient (Wildman–Crippen LogP) is 3.12. The normalized spacial score (nSPS) is 43.1. The van der Waals surface area contributed by atoms with Crippen molar-refractivity contribution in [2.45, 2.75) is 44.1 Å². The molecule has 0 aromatic rings. The average Bonchev–Trinajstić information content (AvgIpc) is 2.57. The molecule has 98 valence electrons. The molecule has 2 nitrogen and oxygen atoms in total. The Kier molecular flexibility index (Phi) is 3.29. The van der Waals surface area contributed by atoms with Crippen molar-refractivity contribution in [3.63, 3.8) is 0 Å². The summed E-state index contributed by atoms with van der Waals surface area (Å²) in [5.74, 6) is 2.68. The molecule has 4 fully saturated rings. The van der Waals surface area contributed by atoms with Crippen molar-refractivity contribution in [1.29, 1.82) is 0 Å². The van der Waals surface area contributed by atoms with Crippen molar-refractivity contribution >= 4 is 0 Å². The van der Waals surface area contributed by atoms with Gasteiger partial charge in [0.1, 0.15) is 0 Å². The van der Waals surface area contributed by atoms with Gasteiger partial charge in [0, 0.05) is 12.4 Å². The molecule has 5 aliphatic rings. The van der Waals surface area contributed by atoms with E-state index in [0.29, 0.717) is 0 Å². The Labute approximate surface area is 109 Å². The monoisotopic (exact) mass is 245 g/mol. The second-order valence-electron chi connectivity index (χ2n) is 6.41. The van der Waals surface area contributed by atoms with Crippen molar-refractivity contribution in [3.05, 3.63) is 36.7 Å². The van der Waals surface area contributed by atoms with Crippen LogP contribution in [0.3, 0.4) is 0 Å². The second kappa shape index (κ2) is 4.93. The molecule has 2 heteroatoms. The van der Waals surface area contributed by atoms with Gasteiger partial charge in [-0.1, -0.05) is 12.2 Å². The first-order valence-corrected chi connectivity index (χ1v) is 7.20. The van der Waals surface area contributed by atoms with Crippen molar-refractivity contribution in [1.82, 2.24) is 5.32 Å². The third-order valence-electron chi connectivity index (χ3n) is 4.72. The minimum Gasteiger partial charge on any atom is -0.390 e. The van der Waals surface area contributed by atoms with Gasteiger partial charge in [0.05, 0.1) is 5.60 Å². The maximum absolute atomic E-state index is 10.1. The van der Waals surface area contributed by atoms with E-state index in [1.165, 1.54) is 19.3 Å². The lowest BCUT2D eigenvalue weighted by molar-refractivity contribution is -0.124. The molecular formula is C16H23NO. The summed E-state index contributed by atoms with van der Waals surface area (Å²) < 4.78 is 0. The van der Waals surface area contributed by atoms with Crippen LogP contribution in [0.4, 0.5) is 0 Å². The minimum absolute atomic E-state index is 0.200. The van der Waals surface area contributed by atoms with Gasteiger partial charge in [-0.25, -0.2) is 0 Å². The molecular weight excluding hydrogens is 222 g/mol. The van der Waals surface area contributed by atoms with Crippen LogP contribution in [0.15, 0.2) is 36.7 Å². The summed E-state index contributed by atoms with van der Waals surface area (Å²) in [7, 11) is 0. The molecule has 1 heterocycles. The van der Waals surface area contributed by atoms with E-state index in [9.17, 15) is 5.11 Å². The Hall–Kier alpha value is -1.02. The molecule has 0 saturated heterocycles. The van der Waals surface area contributed by atoms with E-state index >= 15 is 0 Å². The van der Waals surface area contributed by atoms with Gasteiger partial charge in [0.25, 0.3) is 0 Å². The molecule has 5 rings (SSSR count). The van der Waals surface area contributed by atoms with Gasteiger partial charge in [-0.2, -0.15) is 0 Å². The number of allylic oxidation sites excluding steroid dienone is 4. The standard InChI is InChI=1S/C10H16O.C6H7N/c11-10-4-7-1-8(5-10)3-9(2-7)6-10;1-2-4-6-7-5-3-1/h7-9,11H,1-6H2;1-7H. The van der Waals surface area contributed by atoms with Gasteiger partial charge < -0.3 is 10.4 Å². The van der Waals surface area contributed by atoms with Gasteiger partial charge in [-0.05, 0) is 68.4 Å². The maximum Gasteiger partial charge on any atom is 0.0655 e. The SMILES string of the molecule is C1=CC=CNC=C1.OC12CC3CC(CC(C3)C1)C2. The summed E-state index contributed by atoms with van der Waals surface area (Å²) in [6.07, 6.45) is 19.2. The molecule has 4 bridgehead atoms. The predicted molar refractivity (Wildman–Crippen MR) is 73.7 cm³/mol. The zero-order valence-corrected chi connectivity index (χ0v) is 10.9. The summed E-state index contributed by atoms with van der Waals surface area (Å²) >= 11 is 0. The summed E-state index contributed by atoms with van der Waals surface area (Å²) in [4.78, 5) is 0. The third-order valence-corrected chi connectivity index (χ3v) is 4.72. The lowest BCUT2D eigenvalue weighted by atomic mass is 9.54. The van der Waals surface area contributed by atoms with E-state index in [1.807, 2.05) is 36.7 Å².